The molecule has 0 radical (unpaired) electrons. The van der Waals surface area contributed by atoms with Gasteiger partial charge in [-0.3, -0.25) is 4.79 Å². The molecular weight excluding hydrogens is 364 g/mol. The summed E-state index contributed by atoms with van der Waals surface area (Å²) in [6.07, 6.45) is 2.28. The minimum absolute atomic E-state index is 0.0804. The molecular formula is C23H26N4O2. The maximum Gasteiger partial charge on any atom is 0.322 e. The van der Waals surface area contributed by atoms with Gasteiger partial charge in [0.2, 0.25) is 5.91 Å². The first-order valence-corrected chi connectivity index (χ1v) is 10.1. The summed E-state index contributed by atoms with van der Waals surface area (Å²) < 4.78 is 0. The van der Waals surface area contributed by atoms with E-state index < -0.39 is 6.04 Å². The molecule has 150 valence electrons. The first-order chi connectivity index (χ1) is 14.1. The zero-order chi connectivity index (χ0) is 20.2. The number of amides is 3. The smallest absolute Gasteiger partial charge is 0.322 e. The lowest BCUT2D eigenvalue weighted by molar-refractivity contribution is -0.124. The van der Waals surface area contributed by atoms with Gasteiger partial charge in [-0.2, -0.15) is 0 Å². The molecule has 3 N–H and O–H groups in total. The highest BCUT2D eigenvalue weighted by Gasteiger charge is 2.34. The fourth-order valence-electron chi connectivity index (χ4n) is 4.08. The third-order valence-corrected chi connectivity index (χ3v) is 5.54. The number of urea groups is 1. The number of nitrogens with zero attached hydrogens (tertiary/aromatic N) is 1. The Morgan fingerprint density at radius 1 is 1.10 bits per heavy atom. The lowest BCUT2D eigenvalue weighted by atomic mass is 10.1. The van der Waals surface area contributed by atoms with Gasteiger partial charge in [-0.15, -0.1) is 0 Å². The van der Waals surface area contributed by atoms with Gasteiger partial charge < -0.3 is 20.5 Å². The van der Waals surface area contributed by atoms with E-state index in [1.165, 1.54) is 10.9 Å². The van der Waals surface area contributed by atoms with E-state index in [9.17, 15) is 9.59 Å². The molecule has 1 aromatic heterocycles. The summed E-state index contributed by atoms with van der Waals surface area (Å²) in [4.78, 5) is 30.4. The molecule has 2 heterocycles. The Kier molecular flexibility index (Phi) is 5.51. The zero-order valence-electron chi connectivity index (χ0n) is 16.6. The number of benzene rings is 2. The van der Waals surface area contributed by atoms with Crippen molar-refractivity contribution < 1.29 is 9.59 Å². The standard InChI is InChI=1S/C23H26N4O2/c1-16-18(19-10-5-6-11-20(19)25-16)13-14-24-22(28)21-12-7-15-27(21)23(29)26-17-8-3-2-4-9-17/h2-6,8-11,21,25H,7,12-15H2,1H3,(H,24,28)(H,26,29)/t21-/m0/s1. The largest absolute Gasteiger partial charge is 0.358 e. The van der Waals surface area contributed by atoms with Crippen molar-refractivity contribution in [2.75, 3.05) is 18.4 Å². The van der Waals surface area contributed by atoms with Crippen LogP contribution < -0.4 is 10.6 Å². The molecule has 0 spiro atoms. The number of nitrogens with one attached hydrogen (secondary N) is 3. The van der Waals surface area contributed by atoms with Crippen molar-refractivity contribution in [3.8, 4) is 0 Å². The molecule has 6 nitrogen and oxygen atoms in total. The molecule has 0 unspecified atom stereocenters. The number of para-hydroxylation sites is 2. The van der Waals surface area contributed by atoms with E-state index in [2.05, 4.69) is 34.7 Å². The van der Waals surface area contributed by atoms with Crippen molar-refractivity contribution in [1.29, 1.82) is 0 Å². The fraction of sp³-hybridized carbons (Fsp3) is 0.304. The predicted molar refractivity (Wildman–Crippen MR) is 115 cm³/mol. The Morgan fingerprint density at radius 2 is 1.86 bits per heavy atom. The molecule has 0 bridgehead atoms. The molecule has 1 atom stereocenters. The van der Waals surface area contributed by atoms with E-state index in [1.54, 1.807) is 4.90 Å². The Labute approximate surface area is 170 Å². The first-order valence-electron chi connectivity index (χ1n) is 10.1. The van der Waals surface area contributed by atoms with Gasteiger partial charge in [0, 0.05) is 35.4 Å². The molecule has 2 aromatic carbocycles. The van der Waals surface area contributed by atoms with Gasteiger partial charge in [0.05, 0.1) is 0 Å². The highest BCUT2D eigenvalue weighted by molar-refractivity contribution is 5.94. The second kappa shape index (κ2) is 8.39. The van der Waals surface area contributed by atoms with Gasteiger partial charge in [0.25, 0.3) is 0 Å². The molecule has 1 saturated heterocycles. The fourth-order valence-corrected chi connectivity index (χ4v) is 4.08. The molecule has 29 heavy (non-hydrogen) atoms. The average Bonchev–Trinajstić information content (AvgIpc) is 3.34. The number of hydrogen-bond acceptors (Lipinski definition) is 2. The molecule has 0 saturated carbocycles. The first kappa shape index (κ1) is 19.1. The lowest BCUT2D eigenvalue weighted by Gasteiger charge is -2.24. The average molecular weight is 390 g/mol. The molecule has 0 aliphatic carbocycles. The van der Waals surface area contributed by atoms with Gasteiger partial charge in [0.1, 0.15) is 6.04 Å². The van der Waals surface area contributed by atoms with E-state index in [1.807, 2.05) is 42.5 Å². The van der Waals surface area contributed by atoms with Crippen LogP contribution in [0.15, 0.2) is 54.6 Å². The quantitative estimate of drug-likeness (QED) is 0.619. The van der Waals surface area contributed by atoms with Gasteiger partial charge in [-0.1, -0.05) is 36.4 Å². The molecule has 4 rings (SSSR count). The van der Waals surface area contributed by atoms with E-state index in [-0.39, 0.29) is 11.9 Å². The zero-order valence-corrected chi connectivity index (χ0v) is 16.6. The number of fused-ring (bicyclic) bond motifs is 1. The van der Waals surface area contributed by atoms with Gasteiger partial charge in [-0.05, 0) is 49.9 Å². The number of aromatic amines is 1. The molecule has 1 aliphatic heterocycles. The van der Waals surface area contributed by atoms with Crippen molar-refractivity contribution in [1.82, 2.24) is 15.2 Å². The van der Waals surface area contributed by atoms with Crippen LogP contribution in [0.5, 0.6) is 0 Å². The summed E-state index contributed by atoms with van der Waals surface area (Å²) in [5.41, 5.74) is 4.21. The van der Waals surface area contributed by atoms with E-state index in [0.717, 1.165) is 29.7 Å². The minimum atomic E-state index is -0.414. The Balaban J connectivity index is 1.35. The van der Waals surface area contributed by atoms with Crippen molar-refractivity contribution in [3.05, 3.63) is 65.9 Å². The van der Waals surface area contributed by atoms with Crippen LogP contribution in [0.25, 0.3) is 10.9 Å². The number of hydrogen-bond donors (Lipinski definition) is 3. The van der Waals surface area contributed by atoms with Crippen LogP contribution in [-0.2, 0) is 11.2 Å². The van der Waals surface area contributed by atoms with Crippen LogP contribution in [0, 0.1) is 6.92 Å². The minimum Gasteiger partial charge on any atom is -0.358 e. The number of rotatable bonds is 5. The Hall–Kier alpha value is -3.28. The molecule has 1 aliphatic rings. The summed E-state index contributed by atoms with van der Waals surface area (Å²) in [6.45, 7) is 3.20. The highest BCUT2D eigenvalue weighted by atomic mass is 16.2. The SMILES string of the molecule is Cc1[nH]c2ccccc2c1CCNC(=O)[C@@H]1CCCN1C(=O)Nc1ccccc1. The number of aryl methyl sites for hydroxylation is 1. The van der Waals surface area contributed by atoms with E-state index in [4.69, 9.17) is 0 Å². The summed E-state index contributed by atoms with van der Waals surface area (Å²) in [6, 6.07) is 16.9. The van der Waals surface area contributed by atoms with E-state index in [0.29, 0.717) is 19.5 Å². The second-order valence-corrected chi connectivity index (χ2v) is 7.46. The molecule has 1 fully saturated rings. The Morgan fingerprint density at radius 3 is 2.69 bits per heavy atom. The van der Waals surface area contributed by atoms with Crippen molar-refractivity contribution in [2.45, 2.75) is 32.2 Å². The van der Waals surface area contributed by atoms with Crippen LogP contribution in [0.3, 0.4) is 0 Å². The third kappa shape index (κ3) is 4.11. The number of anilines is 1. The van der Waals surface area contributed by atoms with Crippen LogP contribution in [0.1, 0.15) is 24.1 Å². The van der Waals surface area contributed by atoms with Crippen molar-refractivity contribution >= 4 is 28.5 Å². The summed E-state index contributed by atoms with van der Waals surface area (Å²) in [5, 5.41) is 7.10. The number of H-pyrrole nitrogens is 1. The summed E-state index contributed by atoms with van der Waals surface area (Å²) >= 11 is 0. The van der Waals surface area contributed by atoms with Crippen molar-refractivity contribution in [3.63, 3.8) is 0 Å². The second-order valence-electron chi connectivity index (χ2n) is 7.46. The Bertz CT molecular complexity index is 1010. The maximum atomic E-state index is 12.7. The normalized spacial score (nSPS) is 16.2. The van der Waals surface area contributed by atoms with Crippen LogP contribution >= 0.6 is 0 Å². The summed E-state index contributed by atoms with van der Waals surface area (Å²) in [5.74, 6) is -0.0804. The molecule has 3 aromatic rings. The number of aromatic nitrogens is 1. The van der Waals surface area contributed by atoms with Crippen LogP contribution in [-0.4, -0.2) is 41.0 Å². The monoisotopic (exact) mass is 390 g/mol. The van der Waals surface area contributed by atoms with Crippen LogP contribution in [0.2, 0.25) is 0 Å². The number of carbonyl (C=O) groups is 2. The van der Waals surface area contributed by atoms with Gasteiger partial charge >= 0.3 is 6.03 Å². The van der Waals surface area contributed by atoms with Gasteiger partial charge in [-0.25, -0.2) is 4.79 Å². The maximum absolute atomic E-state index is 12.7. The third-order valence-electron chi connectivity index (χ3n) is 5.54. The van der Waals surface area contributed by atoms with E-state index >= 15 is 0 Å². The lowest BCUT2D eigenvalue weighted by Crippen LogP contribution is -2.47. The topological polar surface area (TPSA) is 77.2 Å². The number of carbonyl (C=O) groups excluding carboxylic acids is 2. The molecule has 6 heteroatoms. The van der Waals surface area contributed by atoms with Gasteiger partial charge in [0.15, 0.2) is 0 Å². The predicted octanol–water partition coefficient (Wildman–Crippen LogP) is 3.83. The summed E-state index contributed by atoms with van der Waals surface area (Å²) in [7, 11) is 0. The molecule has 3 amide bonds. The number of likely N-dealkylation sites (tertiary alicyclic amines) is 1. The van der Waals surface area contributed by atoms with Crippen LogP contribution in [0.4, 0.5) is 10.5 Å². The van der Waals surface area contributed by atoms with Crippen molar-refractivity contribution in [2.24, 2.45) is 0 Å². The highest BCUT2D eigenvalue weighted by Crippen LogP contribution is 2.22.